The van der Waals surface area contributed by atoms with Crippen LogP contribution in [0, 0.1) is 0 Å². The Balaban J connectivity index is 1.63. The van der Waals surface area contributed by atoms with E-state index in [9.17, 15) is 47.9 Å². The molecule has 0 spiro atoms. The van der Waals surface area contributed by atoms with Gasteiger partial charge in [0, 0.05) is 38.9 Å². The number of nitrogens with zero attached hydrogens (tertiary/aromatic N) is 3. The Labute approximate surface area is 344 Å². The summed E-state index contributed by atoms with van der Waals surface area (Å²) >= 11 is 0. The molecule has 59 heavy (non-hydrogen) atoms. The molecule has 0 aliphatic carbocycles. The third kappa shape index (κ3) is 18.4. The first kappa shape index (κ1) is 51.9. The van der Waals surface area contributed by atoms with Crippen LogP contribution in [0.25, 0.3) is 0 Å². The number of amides is 3. The highest BCUT2D eigenvalue weighted by atomic mass is 31.2. The van der Waals surface area contributed by atoms with E-state index < -0.39 is 79.7 Å². The monoisotopic (exact) mass is 910 g/mol. The third-order valence-electron chi connectivity index (χ3n) is 10.3. The average molecular weight is 911 g/mol. The molecule has 0 saturated carbocycles. The third-order valence-corrected chi connectivity index (χ3v) is 13.1. The first-order valence-corrected chi connectivity index (χ1v) is 24.7. The molecule has 9 atom stereocenters. The van der Waals surface area contributed by atoms with Gasteiger partial charge in [0.05, 0.1) is 56.3 Å². The van der Waals surface area contributed by atoms with E-state index in [-0.39, 0.29) is 75.9 Å². The molecule has 0 bridgehead atoms. The Bertz CT molecular complexity index is 1470. The van der Waals surface area contributed by atoms with E-state index in [4.69, 9.17) is 45.1 Å². The van der Waals surface area contributed by atoms with Gasteiger partial charge in [-0.05, 0) is 77.4 Å². The average Bonchev–Trinajstić information content (AvgIpc) is 3.90. The maximum atomic E-state index is 13.3. The van der Waals surface area contributed by atoms with Crippen LogP contribution in [0.5, 0.6) is 0 Å². The number of unbranched alkanes of at least 4 members (excludes halogenated alkanes) is 6. The van der Waals surface area contributed by atoms with Crippen molar-refractivity contribution in [2.24, 2.45) is 17.2 Å². The van der Waals surface area contributed by atoms with E-state index in [1.807, 2.05) is 0 Å². The molecule has 9 unspecified atom stereocenters. The van der Waals surface area contributed by atoms with Gasteiger partial charge in [0.1, 0.15) is 0 Å². The fraction of sp³-hybridized carbons (Fsp3) is 0.909. The Morgan fingerprint density at radius 3 is 1.22 bits per heavy atom. The van der Waals surface area contributed by atoms with Crippen molar-refractivity contribution >= 4 is 41.2 Å². The van der Waals surface area contributed by atoms with E-state index in [0.717, 1.165) is 12.8 Å². The van der Waals surface area contributed by atoms with E-state index in [0.29, 0.717) is 64.6 Å². The zero-order valence-corrected chi connectivity index (χ0v) is 36.2. The normalized spacial score (nSPS) is 26.5. The van der Waals surface area contributed by atoms with Gasteiger partial charge in [0.15, 0.2) is 0 Å². The number of β-amino-alcohol motifs (C(OH)–C–C–N with tert-alkyl or cyclic N) is 1. The number of nitrogens with two attached hydrogens (primary N) is 3. The van der Waals surface area contributed by atoms with Crippen LogP contribution in [0.4, 0.5) is 0 Å². The fourth-order valence-corrected chi connectivity index (χ4v) is 9.72. The summed E-state index contributed by atoms with van der Waals surface area (Å²) in [5, 5.41) is 18.9. The Hall–Kier alpha value is -1.46. The van der Waals surface area contributed by atoms with Gasteiger partial charge in [0.25, 0.3) is 0 Å². The molecule has 0 aromatic heterocycles. The van der Waals surface area contributed by atoms with Crippen molar-refractivity contribution in [3.05, 3.63) is 0 Å². The molecular formula is C33H65N6O17P3. The summed E-state index contributed by atoms with van der Waals surface area (Å²) in [6.07, 6.45) is 3.20. The summed E-state index contributed by atoms with van der Waals surface area (Å²) in [6, 6.07) is -2.48. The minimum absolute atomic E-state index is 0.0557. The number of carbonyl (C=O) groups is 3. The topological polar surface area (TPSA) is 347 Å². The summed E-state index contributed by atoms with van der Waals surface area (Å²) < 4.78 is 67.9. The molecule has 3 saturated heterocycles. The number of hydrogen-bond acceptors (Lipinski definition) is 17. The van der Waals surface area contributed by atoms with Gasteiger partial charge >= 0.3 is 23.5 Å². The van der Waals surface area contributed by atoms with Gasteiger partial charge in [0.2, 0.25) is 17.7 Å². The molecule has 3 heterocycles. The van der Waals surface area contributed by atoms with Gasteiger partial charge in [-0.3, -0.25) is 37.0 Å². The van der Waals surface area contributed by atoms with Crippen molar-refractivity contribution in [3.8, 4) is 0 Å². The molecule has 3 aliphatic heterocycles. The minimum Gasteiger partial charge on any atom is -0.391 e. The van der Waals surface area contributed by atoms with Crippen LogP contribution in [0.2, 0.25) is 0 Å². The number of aliphatic hydroxyl groups is 1. The predicted octanol–water partition coefficient (Wildman–Crippen LogP) is 1.32. The summed E-state index contributed by atoms with van der Waals surface area (Å²) in [6.45, 7) is -0.446. The molecule has 344 valence electrons. The Morgan fingerprint density at radius 1 is 0.525 bits per heavy atom. The highest BCUT2D eigenvalue weighted by Gasteiger charge is 2.44. The number of phosphoric ester groups is 3. The van der Waals surface area contributed by atoms with E-state index >= 15 is 0 Å². The zero-order chi connectivity index (χ0) is 43.6. The maximum absolute atomic E-state index is 13.3. The molecule has 26 heteroatoms. The van der Waals surface area contributed by atoms with Crippen LogP contribution >= 0.6 is 23.5 Å². The van der Waals surface area contributed by atoms with Crippen molar-refractivity contribution in [3.63, 3.8) is 0 Å². The lowest BCUT2D eigenvalue weighted by molar-refractivity contribution is -0.163. The van der Waals surface area contributed by atoms with Gasteiger partial charge in [-0.25, -0.2) is 19.0 Å². The number of likely N-dealkylation sites (tertiary alicyclic amines) is 3. The minimum atomic E-state index is -4.91. The van der Waals surface area contributed by atoms with Crippen LogP contribution in [0.15, 0.2) is 0 Å². The predicted molar refractivity (Wildman–Crippen MR) is 210 cm³/mol. The smallest absolute Gasteiger partial charge is 0.391 e. The number of carbonyl (C=O) groups excluding carboxylic acids is 3. The van der Waals surface area contributed by atoms with Crippen LogP contribution in [-0.2, 0) is 55.4 Å². The number of hydrogen-bond donors (Lipinski definition) is 8. The Morgan fingerprint density at radius 2 is 0.864 bits per heavy atom. The van der Waals surface area contributed by atoms with Crippen molar-refractivity contribution in [2.45, 2.75) is 133 Å². The molecule has 3 amide bonds. The number of phosphoric acid groups is 3. The van der Waals surface area contributed by atoms with Crippen molar-refractivity contribution < 1.29 is 80.4 Å². The Kier molecular flexibility index (Phi) is 22.5. The summed E-state index contributed by atoms with van der Waals surface area (Å²) in [5.74, 6) is -0.966. The van der Waals surface area contributed by atoms with Gasteiger partial charge < -0.3 is 51.7 Å². The second kappa shape index (κ2) is 25.6. The molecule has 11 N–H and O–H groups in total. The van der Waals surface area contributed by atoms with Crippen molar-refractivity contribution in [1.29, 1.82) is 0 Å². The molecule has 23 nitrogen and oxygen atoms in total. The van der Waals surface area contributed by atoms with E-state index in [1.54, 1.807) is 0 Å². The molecule has 3 rings (SSSR count). The largest absolute Gasteiger partial charge is 0.499 e. The highest BCUT2D eigenvalue weighted by molar-refractivity contribution is 7.47. The van der Waals surface area contributed by atoms with E-state index in [2.05, 4.69) is 4.67 Å². The van der Waals surface area contributed by atoms with Gasteiger partial charge in [-0.2, -0.15) is 0 Å². The lowest BCUT2D eigenvalue weighted by Gasteiger charge is -2.26. The lowest BCUT2D eigenvalue weighted by atomic mass is 10.1. The summed E-state index contributed by atoms with van der Waals surface area (Å²) in [7, 11) is -14.5. The molecule has 0 radical (unpaired) electrons. The fourth-order valence-electron chi connectivity index (χ4n) is 7.41. The number of aliphatic hydroxyl groups excluding tert-OH is 1. The second-order valence-corrected chi connectivity index (χ2v) is 19.3. The van der Waals surface area contributed by atoms with Crippen molar-refractivity contribution in [2.75, 3.05) is 59.1 Å². The molecular weight excluding hydrogens is 845 g/mol. The first-order chi connectivity index (χ1) is 27.9. The maximum Gasteiger partial charge on any atom is 0.499 e. The number of rotatable bonds is 29. The van der Waals surface area contributed by atoms with Gasteiger partial charge in [-0.15, -0.1) is 4.67 Å². The highest BCUT2D eigenvalue weighted by Crippen LogP contribution is 2.50. The zero-order valence-electron chi connectivity index (χ0n) is 33.5. The lowest BCUT2D eigenvalue weighted by Crippen LogP contribution is -2.38. The quantitative estimate of drug-likeness (QED) is 0.0227. The summed E-state index contributed by atoms with van der Waals surface area (Å²) in [4.78, 5) is 74.2. The first-order valence-electron chi connectivity index (χ1n) is 20.2. The molecule has 3 aliphatic rings. The second-order valence-electron chi connectivity index (χ2n) is 15.1. The summed E-state index contributed by atoms with van der Waals surface area (Å²) in [5.41, 5.74) is 16.6. The van der Waals surface area contributed by atoms with Crippen molar-refractivity contribution in [1.82, 2.24) is 14.7 Å². The standard InChI is InChI=1S/C33H65N6O17P3/c34-13-7-1-4-10-31(41)37-19-28(40)16-25(37)22-51-57(45,46)54-29-17-26(38(20-29)32(42)11-5-2-8-14-35)23-52-58(47,48)55-30-18-27(24-53-59(49,50)56-44)39(21-30)33(43)12-6-3-9-15-36/h25-30,40,44H,1-24,34-36H2,(H,45,46)(H,47,48)(H,49,50). The van der Waals surface area contributed by atoms with Crippen LogP contribution in [-0.4, -0.2) is 153 Å². The van der Waals surface area contributed by atoms with Crippen LogP contribution in [0.1, 0.15) is 96.3 Å². The van der Waals surface area contributed by atoms with E-state index in [1.165, 1.54) is 14.7 Å². The molecule has 0 aromatic rings. The molecule has 3 fully saturated rings. The van der Waals surface area contributed by atoms with Crippen LogP contribution in [0.3, 0.4) is 0 Å². The van der Waals surface area contributed by atoms with Gasteiger partial charge in [-0.1, -0.05) is 19.3 Å². The van der Waals surface area contributed by atoms with Crippen LogP contribution < -0.4 is 17.2 Å². The molecule has 0 aromatic carbocycles. The SMILES string of the molecule is NCCCCCC(=O)N1CC(O)CC1COP(=O)(O)OC1CC(COP(=O)(O)OC2CC(COP(=O)(O)OO)N(C(=O)CCCCCN)C2)N(C(=O)CCCCCN)C1.